The number of piperidine rings is 1. The summed E-state index contributed by atoms with van der Waals surface area (Å²) >= 11 is 0. The van der Waals surface area contributed by atoms with Gasteiger partial charge in [-0.05, 0) is 90.1 Å². The zero-order valence-corrected chi connectivity index (χ0v) is 23.9. The van der Waals surface area contributed by atoms with Gasteiger partial charge in [0.1, 0.15) is 0 Å². The SMILES string of the molecule is CC(C)CC(Cc1ccc(B2OC(C)(C)C(C)(C)O2)cc1)N1CC2C(COC(=O)NC(C)(C)C)C2C1. The summed E-state index contributed by atoms with van der Waals surface area (Å²) in [5.74, 6) is 2.49. The molecule has 0 spiro atoms. The Morgan fingerprint density at radius 2 is 1.64 bits per heavy atom. The molecule has 36 heavy (non-hydrogen) atoms. The summed E-state index contributed by atoms with van der Waals surface area (Å²) < 4.78 is 18.0. The lowest BCUT2D eigenvalue weighted by molar-refractivity contribution is 0.00578. The van der Waals surface area contributed by atoms with E-state index in [0.717, 1.165) is 25.0 Å². The van der Waals surface area contributed by atoms with E-state index in [1.807, 2.05) is 20.8 Å². The lowest BCUT2D eigenvalue weighted by atomic mass is 9.78. The first-order valence-electron chi connectivity index (χ1n) is 13.8. The molecule has 4 rings (SSSR count). The van der Waals surface area contributed by atoms with Crippen molar-refractivity contribution in [2.45, 2.75) is 97.9 Å². The van der Waals surface area contributed by atoms with Crippen LogP contribution in [0, 0.1) is 23.7 Å². The standard InChI is InChI=1S/C29H47BN2O4/c1-19(2)14-22(32-16-23-24(17-32)25(23)18-34-26(33)31-27(3,4)5)15-20-10-12-21(13-11-20)30-35-28(6,7)29(8,9)36-30/h10-13,19,22-25H,14-18H2,1-9H3,(H,31,33). The fraction of sp³-hybridized carbons (Fsp3) is 0.759. The zero-order chi connectivity index (χ0) is 26.5. The maximum absolute atomic E-state index is 12.0. The fourth-order valence-electron chi connectivity index (χ4n) is 5.71. The number of hydrogen-bond acceptors (Lipinski definition) is 5. The van der Waals surface area contributed by atoms with Crippen molar-refractivity contribution in [2.75, 3.05) is 19.7 Å². The van der Waals surface area contributed by atoms with Gasteiger partial charge in [-0.1, -0.05) is 38.1 Å². The fourth-order valence-corrected chi connectivity index (χ4v) is 5.71. The topological polar surface area (TPSA) is 60.0 Å². The third-order valence-corrected chi connectivity index (χ3v) is 8.52. The van der Waals surface area contributed by atoms with Crippen LogP contribution in [0.3, 0.4) is 0 Å². The van der Waals surface area contributed by atoms with Crippen molar-refractivity contribution in [2.24, 2.45) is 23.7 Å². The Bertz CT molecular complexity index is 896. The maximum Gasteiger partial charge on any atom is 0.494 e. The molecule has 3 aliphatic rings. The molecule has 2 saturated heterocycles. The average Bonchev–Trinajstić information content (AvgIpc) is 3.07. The van der Waals surface area contributed by atoms with Crippen LogP contribution in [0.5, 0.6) is 0 Å². The largest absolute Gasteiger partial charge is 0.494 e. The van der Waals surface area contributed by atoms with Crippen molar-refractivity contribution in [1.29, 1.82) is 0 Å². The van der Waals surface area contributed by atoms with E-state index in [0.29, 0.717) is 36.3 Å². The third kappa shape index (κ3) is 6.28. The Balaban J connectivity index is 1.30. The number of likely N-dealkylation sites (tertiary alicyclic amines) is 1. The molecule has 1 aliphatic carbocycles. The lowest BCUT2D eigenvalue weighted by Gasteiger charge is -2.32. The Labute approximate surface area is 219 Å². The number of nitrogens with zero attached hydrogens (tertiary/aromatic N) is 1. The normalized spacial score (nSPS) is 27.7. The number of carbonyl (C=O) groups excluding carboxylic acids is 1. The Kier molecular flexibility index (Phi) is 7.60. The molecule has 0 aromatic heterocycles. The molecule has 1 aromatic rings. The number of fused-ring (bicyclic) bond motifs is 1. The second-order valence-corrected chi connectivity index (χ2v) is 13.7. The predicted molar refractivity (Wildman–Crippen MR) is 145 cm³/mol. The van der Waals surface area contributed by atoms with Crippen LogP contribution < -0.4 is 10.8 Å². The van der Waals surface area contributed by atoms with Crippen molar-refractivity contribution in [3.05, 3.63) is 29.8 Å². The van der Waals surface area contributed by atoms with E-state index in [1.54, 1.807) is 0 Å². The van der Waals surface area contributed by atoms with Gasteiger partial charge >= 0.3 is 13.2 Å². The van der Waals surface area contributed by atoms with Gasteiger partial charge in [0.05, 0.1) is 17.8 Å². The summed E-state index contributed by atoms with van der Waals surface area (Å²) in [7, 11) is -0.314. The van der Waals surface area contributed by atoms with Crippen LogP contribution in [0.25, 0.3) is 0 Å². The van der Waals surface area contributed by atoms with Crippen LogP contribution in [0.4, 0.5) is 4.79 Å². The molecule has 200 valence electrons. The summed E-state index contributed by atoms with van der Waals surface area (Å²) in [5, 5.41) is 2.89. The van der Waals surface area contributed by atoms with Gasteiger partial charge in [0.25, 0.3) is 0 Å². The first kappa shape index (κ1) is 27.5. The number of alkyl carbamates (subject to hydrolysis) is 1. The van der Waals surface area contributed by atoms with E-state index in [-0.39, 0.29) is 30.0 Å². The van der Waals surface area contributed by atoms with E-state index in [4.69, 9.17) is 14.0 Å². The van der Waals surface area contributed by atoms with Gasteiger partial charge < -0.3 is 19.4 Å². The highest BCUT2D eigenvalue weighted by atomic mass is 16.7. The van der Waals surface area contributed by atoms with E-state index >= 15 is 0 Å². The monoisotopic (exact) mass is 498 g/mol. The quantitative estimate of drug-likeness (QED) is 0.529. The Morgan fingerprint density at radius 1 is 1.08 bits per heavy atom. The molecule has 7 heteroatoms. The first-order valence-corrected chi connectivity index (χ1v) is 13.8. The van der Waals surface area contributed by atoms with Gasteiger partial charge in [-0.25, -0.2) is 4.79 Å². The lowest BCUT2D eigenvalue weighted by Crippen LogP contribution is -2.41. The number of benzene rings is 1. The average molecular weight is 499 g/mol. The highest BCUT2D eigenvalue weighted by Gasteiger charge is 2.57. The maximum atomic E-state index is 12.0. The number of nitrogens with one attached hydrogen (secondary N) is 1. The summed E-state index contributed by atoms with van der Waals surface area (Å²) in [4.78, 5) is 14.7. The number of hydrogen-bond donors (Lipinski definition) is 1. The Morgan fingerprint density at radius 3 is 2.14 bits per heavy atom. The van der Waals surface area contributed by atoms with E-state index < -0.39 is 0 Å². The van der Waals surface area contributed by atoms with Crippen LogP contribution in [0.1, 0.15) is 74.3 Å². The first-order chi connectivity index (χ1) is 16.6. The molecule has 3 unspecified atom stereocenters. The molecule has 2 aliphatic heterocycles. The summed E-state index contributed by atoms with van der Waals surface area (Å²) in [6, 6.07) is 9.36. The summed E-state index contributed by atoms with van der Waals surface area (Å²) in [6.07, 6.45) is 1.94. The van der Waals surface area contributed by atoms with E-state index in [2.05, 4.69) is 76.0 Å². The number of carbonyl (C=O) groups is 1. The predicted octanol–water partition coefficient (Wildman–Crippen LogP) is 4.65. The molecule has 1 saturated carbocycles. The van der Waals surface area contributed by atoms with Crippen molar-refractivity contribution < 1.29 is 18.8 Å². The zero-order valence-electron chi connectivity index (χ0n) is 23.9. The molecule has 1 amide bonds. The summed E-state index contributed by atoms with van der Waals surface area (Å²) in [5.41, 5.74) is 1.53. The number of ether oxygens (including phenoxy) is 1. The molecule has 0 radical (unpaired) electrons. The van der Waals surface area contributed by atoms with Gasteiger partial charge in [0, 0.05) is 30.6 Å². The molecule has 2 heterocycles. The summed E-state index contributed by atoms with van der Waals surface area (Å²) in [6.45, 7) is 21.7. The molecule has 1 N–H and O–H groups in total. The highest BCUT2D eigenvalue weighted by Crippen LogP contribution is 2.52. The van der Waals surface area contributed by atoms with Crippen LogP contribution in [0.15, 0.2) is 24.3 Å². The minimum atomic E-state index is -0.325. The second-order valence-electron chi connectivity index (χ2n) is 13.7. The Hall–Kier alpha value is -1.57. The molecular weight excluding hydrogens is 451 g/mol. The second kappa shape index (κ2) is 9.96. The minimum Gasteiger partial charge on any atom is -0.449 e. The van der Waals surface area contributed by atoms with Crippen LogP contribution in [-0.4, -0.2) is 60.6 Å². The minimum absolute atomic E-state index is 0.264. The van der Waals surface area contributed by atoms with Crippen molar-refractivity contribution >= 4 is 18.7 Å². The van der Waals surface area contributed by atoms with Gasteiger partial charge in [-0.3, -0.25) is 4.90 Å². The van der Waals surface area contributed by atoms with Crippen LogP contribution >= 0.6 is 0 Å². The van der Waals surface area contributed by atoms with Gasteiger partial charge in [0.15, 0.2) is 0 Å². The van der Waals surface area contributed by atoms with Gasteiger partial charge in [-0.2, -0.15) is 0 Å². The van der Waals surface area contributed by atoms with Gasteiger partial charge in [0.2, 0.25) is 0 Å². The van der Waals surface area contributed by atoms with Crippen LogP contribution in [0.2, 0.25) is 0 Å². The van der Waals surface area contributed by atoms with Crippen LogP contribution in [-0.2, 0) is 20.5 Å². The molecule has 0 bridgehead atoms. The van der Waals surface area contributed by atoms with E-state index in [1.165, 1.54) is 12.0 Å². The molecule has 6 nitrogen and oxygen atoms in total. The molecule has 3 fully saturated rings. The van der Waals surface area contributed by atoms with Gasteiger partial charge in [-0.15, -0.1) is 0 Å². The van der Waals surface area contributed by atoms with E-state index in [9.17, 15) is 4.79 Å². The molecule has 1 aromatic carbocycles. The molecular formula is C29H47BN2O4. The highest BCUT2D eigenvalue weighted by molar-refractivity contribution is 6.62. The van der Waals surface area contributed by atoms with Crippen molar-refractivity contribution in [3.63, 3.8) is 0 Å². The van der Waals surface area contributed by atoms with Crippen molar-refractivity contribution in [3.8, 4) is 0 Å². The smallest absolute Gasteiger partial charge is 0.449 e. The van der Waals surface area contributed by atoms with Crippen molar-refractivity contribution in [1.82, 2.24) is 10.2 Å². The number of rotatable bonds is 8. The third-order valence-electron chi connectivity index (χ3n) is 8.52. The molecule has 3 atom stereocenters. The number of amides is 1.